The van der Waals surface area contributed by atoms with Crippen molar-refractivity contribution in [2.75, 3.05) is 0 Å². The first-order chi connectivity index (χ1) is 10.9. The standard InChI is InChI=1S/C20H32O2Si/c1-7-16(5)20(22-23(8-2,9-3)10-4)17(6)19(21)18-14-12-11-13-15-18/h7,11-17,20H,1,8-10H2,2-6H3/t16-,17+,20+/m1/s1. The molecule has 2 nitrogen and oxygen atoms in total. The van der Waals surface area contributed by atoms with Crippen molar-refractivity contribution >= 4 is 14.1 Å². The van der Waals surface area contributed by atoms with E-state index >= 15 is 0 Å². The molecule has 23 heavy (non-hydrogen) atoms. The Kier molecular flexibility index (Phi) is 7.93. The van der Waals surface area contributed by atoms with Gasteiger partial charge in [0.25, 0.3) is 0 Å². The van der Waals surface area contributed by atoms with Crippen molar-refractivity contribution in [1.29, 1.82) is 0 Å². The fourth-order valence-corrected chi connectivity index (χ4v) is 6.10. The first kappa shape index (κ1) is 19.9. The predicted octanol–water partition coefficient (Wildman–Crippen LogP) is 5.72. The molecule has 3 heteroatoms. The van der Waals surface area contributed by atoms with E-state index in [-0.39, 0.29) is 23.7 Å². The lowest BCUT2D eigenvalue weighted by Gasteiger charge is -2.37. The van der Waals surface area contributed by atoms with Crippen molar-refractivity contribution in [3.05, 3.63) is 48.6 Å². The van der Waals surface area contributed by atoms with E-state index in [2.05, 4.69) is 34.3 Å². The fraction of sp³-hybridized carbons (Fsp3) is 0.550. The summed E-state index contributed by atoms with van der Waals surface area (Å²) in [5, 5.41) is 0. The Labute approximate surface area is 143 Å². The molecule has 0 spiro atoms. The van der Waals surface area contributed by atoms with Crippen molar-refractivity contribution in [3.63, 3.8) is 0 Å². The van der Waals surface area contributed by atoms with Gasteiger partial charge in [0, 0.05) is 11.5 Å². The Morgan fingerprint density at radius 1 is 1.13 bits per heavy atom. The van der Waals surface area contributed by atoms with Gasteiger partial charge >= 0.3 is 0 Å². The van der Waals surface area contributed by atoms with E-state index in [0.717, 1.165) is 23.7 Å². The minimum atomic E-state index is -1.77. The number of hydrogen-bond acceptors (Lipinski definition) is 2. The van der Waals surface area contributed by atoms with Crippen LogP contribution >= 0.6 is 0 Å². The van der Waals surface area contributed by atoms with Crippen LogP contribution in [0.1, 0.15) is 45.0 Å². The minimum absolute atomic E-state index is 0.0910. The van der Waals surface area contributed by atoms with Crippen LogP contribution in [0.3, 0.4) is 0 Å². The van der Waals surface area contributed by atoms with Crippen LogP contribution in [-0.4, -0.2) is 20.2 Å². The van der Waals surface area contributed by atoms with E-state index in [1.165, 1.54) is 0 Å². The van der Waals surface area contributed by atoms with Gasteiger partial charge in [-0.1, -0.05) is 71.0 Å². The van der Waals surface area contributed by atoms with Gasteiger partial charge in [-0.15, -0.1) is 6.58 Å². The van der Waals surface area contributed by atoms with Crippen molar-refractivity contribution in [2.45, 2.75) is 58.9 Å². The highest BCUT2D eigenvalue weighted by molar-refractivity contribution is 6.73. The molecule has 0 heterocycles. The average Bonchev–Trinajstić information content (AvgIpc) is 2.62. The van der Waals surface area contributed by atoms with Gasteiger partial charge in [-0.2, -0.15) is 0 Å². The quantitative estimate of drug-likeness (QED) is 0.311. The summed E-state index contributed by atoms with van der Waals surface area (Å²) >= 11 is 0. The molecule has 1 rings (SSSR count). The predicted molar refractivity (Wildman–Crippen MR) is 101 cm³/mol. The Balaban J connectivity index is 3.06. The van der Waals surface area contributed by atoms with Crippen LogP contribution in [0.4, 0.5) is 0 Å². The van der Waals surface area contributed by atoms with Crippen molar-refractivity contribution in [3.8, 4) is 0 Å². The molecule has 0 saturated carbocycles. The summed E-state index contributed by atoms with van der Waals surface area (Å²) in [5.41, 5.74) is 0.765. The molecule has 1 aromatic rings. The summed E-state index contributed by atoms with van der Waals surface area (Å²) in [6.45, 7) is 14.7. The highest BCUT2D eigenvalue weighted by Crippen LogP contribution is 2.30. The second kappa shape index (κ2) is 9.19. The summed E-state index contributed by atoms with van der Waals surface area (Å²) in [6.07, 6.45) is 1.83. The van der Waals surface area contributed by atoms with Crippen molar-refractivity contribution < 1.29 is 9.22 Å². The van der Waals surface area contributed by atoms with Gasteiger partial charge < -0.3 is 4.43 Å². The molecule has 0 fully saturated rings. The topological polar surface area (TPSA) is 26.3 Å². The molecule has 1 aromatic carbocycles. The van der Waals surface area contributed by atoms with Gasteiger partial charge in [-0.05, 0) is 24.1 Å². The summed E-state index contributed by atoms with van der Waals surface area (Å²) in [5.74, 6) is 0.159. The van der Waals surface area contributed by atoms with Gasteiger partial charge in [0.15, 0.2) is 14.1 Å². The SMILES string of the molecule is C=C[C@@H](C)[C@H](O[Si](CC)(CC)CC)[C@@H](C)C(=O)c1ccccc1. The molecule has 0 bridgehead atoms. The molecule has 0 amide bonds. The Bertz CT molecular complexity index is 485. The van der Waals surface area contributed by atoms with Crippen LogP contribution in [-0.2, 0) is 4.43 Å². The minimum Gasteiger partial charge on any atom is -0.413 e. The van der Waals surface area contributed by atoms with Gasteiger partial charge in [-0.3, -0.25) is 4.79 Å². The summed E-state index contributed by atoms with van der Waals surface area (Å²) < 4.78 is 6.69. The van der Waals surface area contributed by atoms with Crippen LogP contribution in [0, 0.1) is 11.8 Å². The molecule has 128 valence electrons. The monoisotopic (exact) mass is 332 g/mol. The highest BCUT2D eigenvalue weighted by Gasteiger charge is 2.37. The van der Waals surface area contributed by atoms with E-state index in [1.807, 2.05) is 43.3 Å². The molecule has 0 saturated heterocycles. The third-order valence-electron chi connectivity index (χ3n) is 5.17. The first-order valence-corrected chi connectivity index (χ1v) is 11.4. The van der Waals surface area contributed by atoms with Crippen molar-refractivity contribution in [1.82, 2.24) is 0 Å². The largest absolute Gasteiger partial charge is 0.413 e. The second-order valence-corrected chi connectivity index (χ2v) is 11.2. The van der Waals surface area contributed by atoms with Gasteiger partial charge in [0.1, 0.15) is 0 Å². The molecule has 0 unspecified atom stereocenters. The fourth-order valence-electron chi connectivity index (χ4n) is 3.10. The molecule has 0 aliphatic carbocycles. The molecular weight excluding hydrogens is 300 g/mol. The number of carbonyl (C=O) groups excluding carboxylic acids is 1. The van der Waals surface area contributed by atoms with E-state index in [1.54, 1.807) is 0 Å². The Morgan fingerprint density at radius 3 is 2.09 bits per heavy atom. The number of benzene rings is 1. The normalized spacial score (nSPS) is 15.7. The van der Waals surface area contributed by atoms with E-state index in [4.69, 9.17) is 4.43 Å². The van der Waals surface area contributed by atoms with Gasteiger partial charge in [0.05, 0.1) is 6.10 Å². The zero-order chi connectivity index (χ0) is 17.5. The lowest BCUT2D eigenvalue weighted by Crippen LogP contribution is -2.45. The van der Waals surface area contributed by atoms with Gasteiger partial charge in [0.2, 0.25) is 0 Å². The van der Waals surface area contributed by atoms with E-state index in [0.29, 0.717) is 0 Å². The maximum Gasteiger partial charge on any atom is 0.192 e. The Morgan fingerprint density at radius 2 is 1.65 bits per heavy atom. The van der Waals surface area contributed by atoms with Crippen LogP contribution in [0.2, 0.25) is 18.1 Å². The first-order valence-electron chi connectivity index (χ1n) is 8.84. The number of ketones is 1. The molecule has 3 atom stereocenters. The molecule has 0 N–H and O–H groups in total. The summed E-state index contributed by atoms with van der Waals surface area (Å²) in [7, 11) is -1.77. The van der Waals surface area contributed by atoms with Crippen molar-refractivity contribution in [2.24, 2.45) is 11.8 Å². The molecular formula is C20H32O2Si. The van der Waals surface area contributed by atoms with E-state index < -0.39 is 8.32 Å². The number of Topliss-reactive ketones (excluding diaryl/α,β-unsaturated/α-hetero) is 1. The van der Waals surface area contributed by atoms with Crippen LogP contribution < -0.4 is 0 Å². The lowest BCUT2D eigenvalue weighted by molar-refractivity contribution is 0.0655. The maximum absolute atomic E-state index is 12.9. The summed E-state index contributed by atoms with van der Waals surface area (Å²) in [4.78, 5) is 12.9. The molecule has 0 radical (unpaired) electrons. The van der Waals surface area contributed by atoms with Crippen LogP contribution in [0.15, 0.2) is 43.0 Å². The maximum atomic E-state index is 12.9. The zero-order valence-electron chi connectivity index (χ0n) is 15.3. The summed E-state index contributed by atoms with van der Waals surface area (Å²) in [6, 6.07) is 12.8. The number of hydrogen-bond donors (Lipinski definition) is 0. The zero-order valence-corrected chi connectivity index (χ0v) is 16.3. The number of rotatable bonds is 10. The van der Waals surface area contributed by atoms with Crippen LogP contribution in [0.25, 0.3) is 0 Å². The highest BCUT2D eigenvalue weighted by atomic mass is 28.4. The second-order valence-electron chi connectivity index (χ2n) is 6.44. The molecule has 0 aromatic heterocycles. The third-order valence-corrected chi connectivity index (χ3v) is 9.81. The smallest absolute Gasteiger partial charge is 0.192 e. The molecule has 0 aliphatic rings. The Hall–Kier alpha value is -1.19. The van der Waals surface area contributed by atoms with E-state index in [9.17, 15) is 4.79 Å². The molecule has 0 aliphatic heterocycles. The van der Waals surface area contributed by atoms with Gasteiger partial charge in [-0.25, -0.2) is 0 Å². The number of carbonyl (C=O) groups is 1. The average molecular weight is 333 g/mol. The lowest BCUT2D eigenvalue weighted by atomic mass is 9.87. The van der Waals surface area contributed by atoms with Crippen LogP contribution in [0.5, 0.6) is 0 Å². The third kappa shape index (κ3) is 4.89.